The average Bonchev–Trinajstić information content (AvgIpc) is 2.92. The first-order chi connectivity index (χ1) is 18.4. The molecule has 0 spiro atoms. The molecule has 3 aromatic carbocycles. The lowest BCUT2D eigenvalue weighted by Crippen LogP contribution is -2.48. The van der Waals surface area contributed by atoms with Crippen molar-refractivity contribution in [2.45, 2.75) is 32.7 Å². The van der Waals surface area contributed by atoms with Crippen LogP contribution in [0.2, 0.25) is 0 Å². The molecule has 0 radical (unpaired) electrons. The average molecular weight is 516 g/mol. The number of anilines is 1. The minimum atomic E-state index is -0.833. The molecular weight excluding hydrogens is 485 g/mol. The van der Waals surface area contributed by atoms with Gasteiger partial charge in [-0.2, -0.15) is 0 Å². The number of halogens is 1. The van der Waals surface area contributed by atoms with Crippen LogP contribution in [-0.2, 0) is 9.53 Å². The minimum absolute atomic E-state index is 0.0890. The number of benzene rings is 3. The Kier molecular flexibility index (Phi) is 8.53. The largest absolute Gasteiger partial charge is 0.463 e. The predicted octanol–water partition coefficient (Wildman–Crippen LogP) is 5.92. The van der Waals surface area contributed by atoms with E-state index in [9.17, 15) is 18.8 Å². The van der Waals surface area contributed by atoms with Gasteiger partial charge in [-0.3, -0.25) is 9.69 Å². The van der Waals surface area contributed by atoms with Crippen molar-refractivity contribution in [3.63, 3.8) is 0 Å². The lowest BCUT2D eigenvalue weighted by atomic mass is 9.91. The summed E-state index contributed by atoms with van der Waals surface area (Å²) < 4.78 is 19.6. The van der Waals surface area contributed by atoms with Crippen molar-refractivity contribution in [1.82, 2.24) is 10.2 Å². The molecule has 0 aromatic heterocycles. The summed E-state index contributed by atoms with van der Waals surface area (Å²) in [6, 6.07) is 20.6. The Labute approximate surface area is 221 Å². The van der Waals surface area contributed by atoms with Gasteiger partial charge in [0.1, 0.15) is 5.82 Å². The second-order valence-corrected chi connectivity index (χ2v) is 8.80. The van der Waals surface area contributed by atoms with Crippen molar-refractivity contribution < 1.29 is 23.5 Å². The molecule has 1 heterocycles. The lowest BCUT2D eigenvalue weighted by Gasteiger charge is -2.37. The third-order valence-electron chi connectivity index (χ3n) is 6.20. The molecule has 0 aliphatic carbocycles. The summed E-state index contributed by atoms with van der Waals surface area (Å²) in [5.74, 6) is -1.78. The van der Waals surface area contributed by atoms with Crippen LogP contribution in [0.3, 0.4) is 0 Å². The number of urea groups is 1. The highest BCUT2D eigenvalue weighted by molar-refractivity contribution is 6.06. The van der Waals surface area contributed by atoms with Gasteiger partial charge in [0, 0.05) is 12.2 Å². The maximum atomic E-state index is 14.1. The Morgan fingerprint density at radius 1 is 1.00 bits per heavy atom. The summed E-state index contributed by atoms with van der Waals surface area (Å²) in [4.78, 5) is 41.1. The van der Waals surface area contributed by atoms with Gasteiger partial charge in [-0.25, -0.2) is 14.0 Å². The molecule has 3 aromatic rings. The quantitative estimate of drug-likeness (QED) is 0.347. The van der Waals surface area contributed by atoms with Crippen LogP contribution in [0.4, 0.5) is 14.9 Å². The number of amides is 3. The molecule has 3 amide bonds. The van der Waals surface area contributed by atoms with Gasteiger partial charge in [0.2, 0.25) is 0 Å². The van der Waals surface area contributed by atoms with Crippen LogP contribution in [0.25, 0.3) is 5.70 Å². The van der Waals surface area contributed by atoms with E-state index >= 15 is 0 Å². The molecule has 1 unspecified atom stereocenters. The standard InChI is InChI=1S/C30H30FN3O4/c1-3-5-18-34-27(20-12-7-6-8-13-20)25(29(36)38-4-2)26(33-30(34)37)21-14-11-15-22(19-21)32-28(35)23-16-9-10-17-24(23)31/h6-17,19,26H,3-5,18H2,1-2H3,(H,32,35)(H,33,37). The van der Waals surface area contributed by atoms with Gasteiger partial charge in [-0.15, -0.1) is 0 Å². The molecule has 8 heteroatoms. The number of unbranched alkanes of at least 4 members (excludes halogenated alkanes) is 1. The molecule has 4 rings (SSSR count). The summed E-state index contributed by atoms with van der Waals surface area (Å²) in [5.41, 5.74) is 2.38. The summed E-state index contributed by atoms with van der Waals surface area (Å²) in [6.07, 6.45) is 1.62. The minimum Gasteiger partial charge on any atom is -0.463 e. The highest BCUT2D eigenvalue weighted by atomic mass is 19.1. The van der Waals surface area contributed by atoms with Crippen LogP contribution in [0, 0.1) is 5.82 Å². The van der Waals surface area contributed by atoms with Crippen LogP contribution >= 0.6 is 0 Å². The lowest BCUT2D eigenvalue weighted by molar-refractivity contribution is -0.138. The smallest absolute Gasteiger partial charge is 0.338 e. The van der Waals surface area contributed by atoms with Gasteiger partial charge in [-0.05, 0) is 48.7 Å². The molecule has 1 atom stereocenters. The van der Waals surface area contributed by atoms with Gasteiger partial charge in [-0.1, -0.05) is 67.9 Å². The third kappa shape index (κ3) is 5.75. The van der Waals surface area contributed by atoms with Gasteiger partial charge >= 0.3 is 12.0 Å². The van der Waals surface area contributed by atoms with Crippen molar-refractivity contribution >= 4 is 29.3 Å². The van der Waals surface area contributed by atoms with Crippen LogP contribution in [-0.4, -0.2) is 36.0 Å². The predicted molar refractivity (Wildman–Crippen MR) is 144 cm³/mol. The fraction of sp³-hybridized carbons (Fsp3) is 0.233. The third-order valence-corrected chi connectivity index (χ3v) is 6.20. The molecule has 38 heavy (non-hydrogen) atoms. The maximum Gasteiger partial charge on any atom is 0.338 e. The molecule has 0 fully saturated rings. The molecule has 196 valence electrons. The SMILES string of the molecule is CCCCN1C(=O)NC(c2cccc(NC(=O)c3ccccc3F)c2)C(C(=O)OCC)=C1c1ccccc1. The molecule has 7 nitrogen and oxygen atoms in total. The van der Waals surface area contributed by atoms with E-state index in [0.29, 0.717) is 29.1 Å². The van der Waals surface area contributed by atoms with Gasteiger partial charge < -0.3 is 15.4 Å². The zero-order chi connectivity index (χ0) is 27.1. The second kappa shape index (κ2) is 12.2. The van der Waals surface area contributed by atoms with Crippen LogP contribution < -0.4 is 10.6 Å². The van der Waals surface area contributed by atoms with Crippen molar-refractivity contribution in [2.24, 2.45) is 0 Å². The molecule has 0 bridgehead atoms. The Hall–Kier alpha value is -4.46. The highest BCUT2D eigenvalue weighted by Gasteiger charge is 2.38. The molecular formula is C30H30FN3O4. The van der Waals surface area contributed by atoms with E-state index in [1.807, 2.05) is 37.3 Å². The van der Waals surface area contributed by atoms with Crippen molar-refractivity contribution in [3.8, 4) is 0 Å². The van der Waals surface area contributed by atoms with Gasteiger partial charge in [0.15, 0.2) is 0 Å². The number of esters is 1. The number of ether oxygens (including phenoxy) is 1. The summed E-state index contributed by atoms with van der Waals surface area (Å²) >= 11 is 0. The van der Waals surface area contributed by atoms with E-state index in [0.717, 1.165) is 18.4 Å². The first-order valence-electron chi connectivity index (χ1n) is 12.6. The van der Waals surface area contributed by atoms with E-state index in [2.05, 4.69) is 10.6 Å². The number of hydrogen-bond donors (Lipinski definition) is 2. The van der Waals surface area contributed by atoms with E-state index in [1.165, 1.54) is 18.2 Å². The maximum absolute atomic E-state index is 14.1. The van der Waals surface area contributed by atoms with Gasteiger partial charge in [0.05, 0.1) is 29.5 Å². The summed E-state index contributed by atoms with van der Waals surface area (Å²) in [6.45, 7) is 4.36. The number of carbonyl (C=O) groups excluding carboxylic acids is 3. The van der Waals surface area contributed by atoms with Gasteiger partial charge in [0.25, 0.3) is 5.91 Å². The molecule has 1 aliphatic rings. The Morgan fingerprint density at radius 2 is 1.74 bits per heavy atom. The first-order valence-corrected chi connectivity index (χ1v) is 12.6. The van der Waals surface area contributed by atoms with E-state index < -0.39 is 23.7 Å². The first kappa shape index (κ1) is 26.6. The van der Waals surface area contributed by atoms with Crippen molar-refractivity contribution in [2.75, 3.05) is 18.5 Å². The summed E-state index contributed by atoms with van der Waals surface area (Å²) in [7, 11) is 0. The number of rotatable bonds is 9. The summed E-state index contributed by atoms with van der Waals surface area (Å²) in [5, 5.41) is 5.66. The molecule has 1 aliphatic heterocycles. The second-order valence-electron chi connectivity index (χ2n) is 8.80. The Bertz CT molecular complexity index is 1360. The molecule has 0 saturated carbocycles. The number of nitrogens with one attached hydrogen (secondary N) is 2. The van der Waals surface area contributed by atoms with Crippen LogP contribution in [0.5, 0.6) is 0 Å². The number of carbonyl (C=O) groups is 3. The fourth-order valence-electron chi connectivity index (χ4n) is 4.41. The zero-order valence-electron chi connectivity index (χ0n) is 21.4. The van der Waals surface area contributed by atoms with Crippen LogP contribution in [0.15, 0.2) is 84.4 Å². The number of hydrogen-bond acceptors (Lipinski definition) is 4. The highest BCUT2D eigenvalue weighted by Crippen LogP contribution is 2.37. The molecule has 2 N–H and O–H groups in total. The topological polar surface area (TPSA) is 87.7 Å². The van der Waals surface area contributed by atoms with Crippen molar-refractivity contribution in [3.05, 3.63) is 107 Å². The Morgan fingerprint density at radius 3 is 2.45 bits per heavy atom. The van der Waals surface area contributed by atoms with Crippen molar-refractivity contribution in [1.29, 1.82) is 0 Å². The normalized spacial score (nSPS) is 15.2. The van der Waals surface area contributed by atoms with Crippen LogP contribution in [0.1, 0.15) is 54.2 Å². The molecule has 0 saturated heterocycles. The Balaban J connectivity index is 1.79. The fourth-order valence-corrected chi connectivity index (χ4v) is 4.41. The van der Waals surface area contributed by atoms with E-state index in [1.54, 1.807) is 42.2 Å². The monoisotopic (exact) mass is 515 g/mol. The van der Waals surface area contributed by atoms with E-state index in [4.69, 9.17) is 4.74 Å². The van der Waals surface area contributed by atoms with E-state index in [-0.39, 0.29) is 18.2 Å². The zero-order valence-corrected chi connectivity index (χ0v) is 21.4. The number of nitrogens with zero attached hydrogens (tertiary/aromatic N) is 1.